The lowest BCUT2D eigenvalue weighted by Crippen LogP contribution is -2.22. The van der Waals surface area contributed by atoms with Crippen LogP contribution in [-0.4, -0.2) is 5.91 Å². The van der Waals surface area contributed by atoms with Crippen molar-refractivity contribution >= 4 is 32.8 Å². The number of amides is 1. The number of fused-ring (bicyclic) bond motifs is 1. The van der Waals surface area contributed by atoms with Crippen molar-refractivity contribution in [3.05, 3.63) is 69.9 Å². The summed E-state index contributed by atoms with van der Waals surface area (Å²) in [5.41, 5.74) is 2.17. The Kier molecular flexibility index (Phi) is 3.94. The lowest BCUT2D eigenvalue weighted by molar-refractivity contribution is 0.0925. The Hall–Kier alpha value is -2.58. The number of hydrogen-bond acceptors (Lipinski definition) is 3. The summed E-state index contributed by atoms with van der Waals surface area (Å²) < 4.78 is 6.40. The monoisotopic (exact) mass is 354 g/mol. The second-order valence-corrected chi connectivity index (χ2v) is 5.61. The van der Waals surface area contributed by atoms with Crippen LogP contribution in [0.5, 0.6) is 0 Å². The zero-order valence-electron chi connectivity index (χ0n) is 11.5. The number of halogens is 1. The summed E-state index contributed by atoms with van der Waals surface area (Å²) in [7, 11) is 0. The number of nitrogens with zero attached hydrogens (tertiary/aromatic N) is 1. The fraction of sp³-hybridized carbons (Fsp3) is 0.0588. The van der Waals surface area contributed by atoms with Gasteiger partial charge in [0.05, 0.1) is 16.1 Å². The summed E-state index contributed by atoms with van der Waals surface area (Å²) in [5.74, 6) is 0.00278. The molecule has 0 atom stereocenters. The number of nitriles is 1. The molecule has 0 fully saturated rings. The normalized spacial score (nSPS) is 10.4. The summed E-state index contributed by atoms with van der Waals surface area (Å²) in [6, 6.07) is 16.5. The molecule has 1 N–H and O–H groups in total. The molecular weight excluding hydrogens is 344 g/mol. The number of nitrogens with one attached hydrogen (secondary N) is 1. The van der Waals surface area contributed by atoms with Crippen LogP contribution in [0, 0.1) is 11.3 Å². The summed E-state index contributed by atoms with van der Waals surface area (Å²) >= 11 is 3.40. The van der Waals surface area contributed by atoms with E-state index in [0.717, 1.165) is 15.4 Å². The maximum atomic E-state index is 12.1. The third kappa shape index (κ3) is 2.87. The van der Waals surface area contributed by atoms with E-state index in [-0.39, 0.29) is 11.7 Å². The van der Waals surface area contributed by atoms with Crippen molar-refractivity contribution < 1.29 is 9.21 Å². The van der Waals surface area contributed by atoms with E-state index in [1.165, 1.54) is 0 Å². The Morgan fingerprint density at radius 3 is 2.68 bits per heavy atom. The Balaban J connectivity index is 1.73. The standard InChI is InChI=1S/C17H11BrN2O2/c18-14-3-1-2-13-8-15(22-16(13)14)17(21)20-10-12-6-4-11(9-19)5-7-12/h1-8H,10H2,(H,20,21). The van der Waals surface area contributed by atoms with Crippen molar-refractivity contribution in [1.82, 2.24) is 5.32 Å². The second kappa shape index (κ2) is 6.04. The Labute approximate surface area is 135 Å². The number of para-hydroxylation sites is 1. The van der Waals surface area contributed by atoms with E-state index in [2.05, 4.69) is 27.3 Å². The van der Waals surface area contributed by atoms with Gasteiger partial charge < -0.3 is 9.73 Å². The van der Waals surface area contributed by atoms with E-state index in [1.807, 2.05) is 30.3 Å². The van der Waals surface area contributed by atoms with Crippen LogP contribution in [0.2, 0.25) is 0 Å². The Morgan fingerprint density at radius 2 is 2.00 bits per heavy atom. The summed E-state index contributed by atoms with van der Waals surface area (Å²) in [5, 5.41) is 12.4. The Bertz CT molecular complexity index is 876. The zero-order valence-corrected chi connectivity index (χ0v) is 13.1. The molecule has 5 heteroatoms. The molecule has 0 aliphatic rings. The first kappa shape index (κ1) is 14.4. The molecule has 3 rings (SSSR count). The highest BCUT2D eigenvalue weighted by Crippen LogP contribution is 2.26. The van der Waals surface area contributed by atoms with Gasteiger partial charge in [-0.1, -0.05) is 24.3 Å². The van der Waals surface area contributed by atoms with E-state index in [4.69, 9.17) is 9.68 Å². The van der Waals surface area contributed by atoms with Gasteiger partial charge in [0.1, 0.15) is 5.58 Å². The van der Waals surface area contributed by atoms with Crippen LogP contribution in [0.15, 0.2) is 57.4 Å². The molecular formula is C17H11BrN2O2. The first-order valence-corrected chi connectivity index (χ1v) is 7.42. The van der Waals surface area contributed by atoms with Crippen LogP contribution >= 0.6 is 15.9 Å². The molecule has 108 valence electrons. The highest BCUT2D eigenvalue weighted by atomic mass is 79.9. The molecule has 0 bridgehead atoms. The quantitative estimate of drug-likeness (QED) is 0.772. The second-order valence-electron chi connectivity index (χ2n) is 4.76. The maximum Gasteiger partial charge on any atom is 0.287 e. The molecule has 0 radical (unpaired) electrons. The van der Waals surface area contributed by atoms with Crippen molar-refractivity contribution in [3.63, 3.8) is 0 Å². The molecule has 0 spiro atoms. The van der Waals surface area contributed by atoms with Gasteiger partial charge in [-0.15, -0.1) is 0 Å². The number of rotatable bonds is 3. The summed E-state index contributed by atoms with van der Waals surface area (Å²) in [4.78, 5) is 12.1. The number of furan rings is 1. The minimum Gasteiger partial charge on any atom is -0.450 e. The van der Waals surface area contributed by atoms with Crippen LogP contribution in [0.1, 0.15) is 21.7 Å². The van der Waals surface area contributed by atoms with E-state index in [1.54, 1.807) is 18.2 Å². The first-order chi connectivity index (χ1) is 10.7. The highest BCUT2D eigenvalue weighted by molar-refractivity contribution is 9.10. The lowest BCUT2D eigenvalue weighted by Gasteiger charge is -2.03. The molecule has 1 aromatic heterocycles. The number of benzene rings is 2. The van der Waals surface area contributed by atoms with Crippen LogP contribution in [0.3, 0.4) is 0 Å². The van der Waals surface area contributed by atoms with E-state index >= 15 is 0 Å². The molecule has 0 saturated heterocycles. The molecule has 0 aliphatic carbocycles. The average Bonchev–Trinajstić information content (AvgIpc) is 2.99. The van der Waals surface area contributed by atoms with Gasteiger partial charge in [0.25, 0.3) is 5.91 Å². The average molecular weight is 355 g/mol. The van der Waals surface area contributed by atoms with Crippen molar-refractivity contribution in [2.45, 2.75) is 6.54 Å². The predicted octanol–water partition coefficient (Wildman–Crippen LogP) is 4.00. The number of carbonyl (C=O) groups excluding carboxylic acids is 1. The number of carbonyl (C=O) groups is 1. The van der Waals surface area contributed by atoms with Crippen LogP contribution in [0.4, 0.5) is 0 Å². The lowest BCUT2D eigenvalue weighted by atomic mass is 10.1. The van der Waals surface area contributed by atoms with E-state index in [0.29, 0.717) is 17.7 Å². The summed E-state index contributed by atoms with van der Waals surface area (Å²) in [6.45, 7) is 0.378. The molecule has 0 saturated carbocycles. The van der Waals surface area contributed by atoms with Gasteiger partial charge in [0.2, 0.25) is 0 Å². The molecule has 0 unspecified atom stereocenters. The highest BCUT2D eigenvalue weighted by Gasteiger charge is 2.13. The van der Waals surface area contributed by atoms with Gasteiger partial charge in [-0.05, 0) is 45.8 Å². The van der Waals surface area contributed by atoms with E-state index < -0.39 is 0 Å². The van der Waals surface area contributed by atoms with Gasteiger partial charge in [-0.3, -0.25) is 4.79 Å². The van der Waals surface area contributed by atoms with Crippen molar-refractivity contribution in [1.29, 1.82) is 5.26 Å². The fourth-order valence-corrected chi connectivity index (χ4v) is 2.57. The maximum absolute atomic E-state index is 12.1. The largest absolute Gasteiger partial charge is 0.450 e. The van der Waals surface area contributed by atoms with Gasteiger partial charge in [-0.25, -0.2) is 0 Å². The molecule has 3 aromatic rings. The first-order valence-electron chi connectivity index (χ1n) is 6.62. The smallest absolute Gasteiger partial charge is 0.287 e. The van der Waals surface area contributed by atoms with Crippen LogP contribution in [0.25, 0.3) is 11.0 Å². The molecule has 22 heavy (non-hydrogen) atoms. The van der Waals surface area contributed by atoms with Gasteiger partial charge >= 0.3 is 0 Å². The van der Waals surface area contributed by atoms with Gasteiger partial charge in [0.15, 0.2) is 5.76 Å². The third-order valence-corrected chi connectivity index (χ3v) is 3.88. The molecule has 4 nitrogen and oxygen atoms in total. The zero-order chi connectivity index (χ0) is 15.5. The third-order valence-electron chi connectivity index (χ3n) is 3.26. The van der Waals surface area contributed by atoms with Crippen molar-refractivity contribution in [3.8, 4) is 6.07 Å². The molecule has 1 heterocycles. The van der Waals surface area contributed by atoms with Crippen LogP contribution < -0.4 is 5.32 Å². The SMILES string of the molecule is N#Cc1ccc(CNC(=O)c2cc3cccc(Br)c3o2)cc1. The minimum atomic E-state index is -0.271. The molecule has 0 aliphatic heterocycles. The summed E-state index contributed by atoms with van der Waals surface area (Å²) in [6.07, 6.45) is 0. The topological polar surface area (TPSA) is 66.0 Å². The predicted molar refractivity (Wildman–Crippen MR) is 86.2 cm³/mol. The van der Waals surface area contributed by atoms with Crippen molar-refractivity contribution in [2.24, 2.45) is 0 Å². The van der Waals surface area contributed by atoms with Gasteiger partial charge in [-0.2, -0.15) is 5.26 Å². The molecule has 1 amide bonds. The minimum absolute atomic E-state index is 0.271. The Morgan fingerprint density at radius 1 is 1.23 bits per heavy atom. The van der Waals surface area contributed by atoms with Gasteiger partial charge in [0, 0.05) is 11.9 Å². The van der Waals surface area contributed by atoms with Crippen LogP contribution in [-0.2, 0) is 6.54 Å². The van der Waals surface area contributed by atoms with E-state index in [9.17, 15) is 4.79 Å². The van der Waals surface area contributed by atoms with Crippen molar-refractivity contribution in [2.75, 3.05) is 0 Å². The fourth-order valence-electron chi connectivity index (χ4n) is 2.11. The number of hydrogen-bond donors (Lipinski definition) is 1. The molecule has 2 aromatic carbocycles.